The molecule has 0 aliphatic carbocycles. The van der Waals surface area contributed by atoms with Crippen LogP contribution in [0, 0.1) is 0 Å². The predicted octanol–water partition coefficient (Wildman–Crippen LogP) is 1.78. The Hall–Kier alpha value is -0.550. The van der Waals surface area contributed by atoms with Crippen molar-refractivity contribution in [1.82, 2.24) is 9.88 Å². The zero-order valence-electron chi connectivity index (χ0n) is 9.35. The lowest BCUT2D eigenvalue weighted by molar-refractivity contribution is -0.127. The van der Waals surface area contributed by atoms with Gasteiger partial charge in [-0.25, -0.2) is 4.98 Å². The Kier molecular flexibility index (Phi) is 3.86. The molecule has 1 aromatic rings. The molecule has 88 valence electrons. The van der Waals surface area contributed by atoms with E-state index >= 15 is 0 Å². The Morgan fingerprint density at radius 3 is 3.06 bits per heavy atom. The standard InChI is InChI=1S/C11H16N2OS2/c1-2-10-12-8(7-16-10)3-4-13-6-9(15)5-11(13)14/h7,9,15H,2-6H2,1H3. The molecular weight excluding hydrogens is 240 g/mol. The Bertz CT molecular complexity index is 378. The van der Waals surface area contributed by atoms with Crippen molar-refractivity contribution in [3.63, 3.8) is 0 Å². The highest BCUT2D eigenvalue weighted by molar-refractivity contribution is 7.81. The molecule has 1 saturated heterocycles. The number of thiazole rings is 1. The number of likely N-dealkylation sites (tertiary alicyclic amines) is 1. The van der Waals surface area contributed by atoms with E-state index in [2.05, 4.69) is 29.9 Å². The fourth-order valence-electron chi connectivity index (χ4n) is 1.84. The van der Waals surface area contributed by atoms with Gasteiger partial charge in [-0.2, -0.15) is 12.6 Å². The Balaban J connectivity index is 1.85. The molecule has 0 aromatic carbocycles. The molecule has 0 saturated carbocycles. The summed E-state index contributed by atoms with van der Waals surface area (Å²) < 4.78 is 0. The van der Waals surface area contributed by atoms with Gasteiger partial charge >= 0.3 is 0 Å². The van der Waals surface area contributed by atoms with Gasteiger partial charge in [0.05, 0.1) is 10.7 Å². The molecule has 1 unspecified atom stereocenters. The largest absolute Gasteiger partial charge is 0.341 e. The summed E-state index contributed by atoms with van der Waals surface area (Å²) in [6.45, 7) is 3.67. The van der Waals surface area contributed by atoms with Gasteiger partial charge in [0, 0.05) is 36.6 Å². The Labute approximate surface area is 105 Å². The van der Waals surface area contributed by atoms with E-state index in [1.54, 1.807) is 11.3 Å². The first kappa shape index (κ1) is 11.9. The summed E-state index contributed by atoms with van der Waals surface area (Å²) in [5.41, 5.74) is 1.11. The lowest BCUT2D eigenvalue weighted by Gasteiger charge is -2.14. The van der Waals surface area contributed by atoms with Gasteiger partial charge in [0.15, 0.2) is 0 Å². The van der Waals surface area contributed by atoms with Gasteiger partial charge in [-0.3, -0.25) is 4.79 Å². The number of thiol groups is 1. The second-order valence-corrected chi connectivity index (χ2v) is 5.71. The third-order valence-electron chi connectivity index (χ3n) is 2.73. The third-order valence-corrected chi connectivity index (χ3v) is 4.12. The van der Waals surface area contributed by atoms with Gasteiger partial charge < -0.3 is 4.90 Å². The lowest BCUT2D eigenvalue weighted by Crippen LogP contribution is -2.27. The van der Waals surface area contributed by atoms with Crippen LogP contribution in [0.4, 0.5) is 0 Å². The number of aryl methyl sites for hydroxylation is 1. The summed E-state index contributed by atoms with van der Waals surface area (Å²) in [7, 11) is 0. The van der Waals surface area contributed by atoms with Gasteiger partial charge in [0.1, 0.15) is 0 Å². The van der Waals surface area contributed by atoms with Gasteiger partial charge in [0.25, 0.3) is 0 Å². The summed E-state index contributed by atoms with van der Waals surface area (Å²) in [6.07, 6.45) is 2.44. The number of carbonyl (C=O) groups is 1. The van der Waals surface area contributed by atoms with Crippen LogP contribution in [0.2, 0.25) is 0 Å². The van der Waals surface area contributed by atoms with Gasteiger partial charge in [-0.15, -0.1) is 11.3 Å². The summed E-state index contributed by atoms with van der Waals surface area (Å²) in [5.74, 6) is 0.228. The predicted molar refractivity (Wildman–Crippen MR) is 69.2 cm³/mol. The number of aromatic nitrogens is 1. The van der Waals surface area contributed by atoms with Crippen molar-refractivity contribution in [3.05, 3.63) is 16.1 Å². The highest BCUT2D eigenvalue weighted by atomic mass is 32.1. The van der Waals surface area contributed by atoms with Crippen molar-refractivity contribution in [2.75, 3.05) is 13.1 Å². The van der Waals surface area contributed by atoms with E-state index in [1.807, 2.05) is 4.90 Å². The normalized spacial score (nSPS) is 20.8. The van der Waals surface area contributed by atoms with Crippen molar-refractivity contribution in [2.45, 2.75) is 31.4 Å². The number of hydrogen-bond donors (Lipinski definition) is 1. The van der Waals surface area contributed by atoms with Crippen LogP contribution in [0.15, 0.2) is 5.38 Å². The van der Waals surface area contributed by atoms with Crippen LogP contribution in [0.25, 0.3) is 0 Å². The van der Waals surface area contributed by atoms with Crippen molar-refractivity contribution < 1.29 is 4.79 Å². The number of hydrogen-bond acceptors (Lipinski definition) is 4. The summed E-state index contributed by atoms with van der Waals surface area (Å²) in [4.78, 5) is 17.9. The van der Waals surface area contributed by atoms with Crippen LogP contribution in [0.1, 0.15) is 24.0 Å². The average Bonchev–Trinajstić information content (AvgIpc) is 2.82. The number of nitrogens with zero attached hydrogens (tertiary/aromatic N) is 2. The minimum Gasteiger partial charge on any atom is -0.341 e. The molecule has 2 heterocycles. The van der Waals surface area contributed by atoms with Crippen molar-refractivity contribution in [2.24, 2.45) is 0 Å². The third kappa shape index (κ3) is 2.77. The van der Waals surface area contributed by atoms with Crippen molar-refractivity contribution in [1.29, 1.82) is 0 Å². The molecule has 0 spiro atoms. The van der Waals surface area contributed by atoms with Crippen LogP contribution in [-0.2, 0) is 17.6 Å². The number of amides is 1. The van der Waals surface area contributed by atoms with E-state index in [1.165, 1.54) is 5.01 Å². The second-order valence-electron chi connectivity index (χ2n) is 4.03. The topological polar surface area (TPSA) is 33.2 Å². The zero-order chi connectivity index (χ0) is 11.5. The highest BCUT2D eigenvalue weighted by Gasteiger charge is 2.26. The molecule has 2 rings (SSSR count). The SMILES string of the molecule is CCc1nc(CCN2CC(S)CC2=O)cs1. The molecule has 1 amide bonds. The monoisotopic (exact) mass is 256 g/mol. The second kappa shape index (κ2) is 5.19. The summed E-state index contributed by atoms with van der Waals surface area (Å²) >= 11 is 6.04. The fourth-order valence-corrected chi connectivity index (χ4v) is 2.98. The first-order valence-electron chi connectivity index (χ1n) is 5.58. The molecule has 0 radical (unpaired) electrons. The molecule has 0 bridgehead atoms. The summed E-state index contributed by atoms with van der Waals surface area (Å²) in [6, 6.07) is 0. The van der Waals surface area contributed by atoms with E-state index < -0.39 is 0 Å². The van der Waals surface area contributed by atoms with Crippen molar-refractivity contribution in [3.8, 4) is 0 Å². The highest BCUT2D eigenvalue weighted by Crippen LogP contribution is 2.17. The maximum absolute atomic E-state index is 11.5. The Morgan fingerprint density at radius 2 is 2.50 bits per heavy atom. The minimum atomic E-state index is 0.217. The van der Waals surface area contributed by atoms with Crippen LogP contribution in [0.5, 0.6) is 0 Å². The Morgan fingerprint density at radius 1 is 1.69 bits per heavy atom. The van der Waals surface area contributed by atoms with E-state index in [0.29, 0.717) is 6.42 Å². The fraction of sp³-hybridized carbons (Fsp3) is 0.636. The zero-order valence-corrected chi connectivity index (χ0v) is 11.1. The minimum absolute atomic E-state index is 0.217. The molecular formula is C11H16N2OS2. The van der Waals surface area contributed by atoms with E-state index in [9.17, 15) is 4.79 Å². The van der Waals surface area contributed by atoms with Crippen LogP contribution < -0.4 is 0 Å². The van der Waals surface area contributed by atoms with Crippen LogP contribution in [0.3, 0.4) is 0 Å². The first-order valence-corrected chi connectivity index (χ1v) is 6.97. The molecule has 1 fully saturated rings. The van der Waals surface area contributed by atoms with Gasteiger partial charge in [0.2, 0.25) is 5.91 Å². The number of carbonyl (C=O) groups excluding carboxylic acids is 1. The molecule has 1 atom stereocenters. The molecule has 1 aliphatic rings. The molecule has 1 aromatic heterocycles. The molecule has 5 heteroatoms. The van der Waals surface area contributed by atoms with Gasteiger partial charge in [-0.1, -0.05) is 6.92 Å². The van der Waals surface area contributed by atoms with E-state index in [0.717, 1.165) is 31.6 Å². The molecule has 3 nitrogen and oxygen atoms in total. The number of rotatable bonds is 4. The molecule has 1 aliphatic heterocycles. The quantitative estimate of drug-likeness (QED) is 0.833. The maximum atomic E-state index is 11.5. The van der Waals surface area contributed by atoms with Gasteiger partial charge in [-0.05, 0) is 6.42 Å². The average molecular weight is 256 g/mol. The van der Waals surface area contributed by atoms with Crippen molar-refractivity contribution >= 4 is 29.9 Å². The van der Waals surface area contributed by atoms with E-state index in [-0.39, 0.29) is 11.2 Å². The maximum Gasteiger partial charge on any atom is 0.223 e. The summed E-state index contributed by atoms with van der Waals surface area (Å²) in [5, 5.41) is 3.49. The van der Waals surface area contributed by atoms with E-state index in [4.69, 9.17) is 0 Å². The lowest BCUT2D eigenvalue weighted by atomic mass is 10.3. The first-order chi connectivity index (χ1) is 7.69. The molecule has 16 heavy (non-hydrogen) atoms. The van der Waals surface area contributed by atoms with Crippen LogP contribution >= 0.6 is 24.0 Å². The smallest absolute Gasteiger partial charge is 0.223 e. The van der Waals surface area contributed by atoms with Crippen LogP contribution in [-0.4, -0.2) is 34.1 Å². The molecule has 0 N–H and O–H groups in total.